The first-order valence-electron chi connectivity index (χ1n) is 7.05. The summed E-state index contributed by atoms with van der Waals surface area (Å²) in [6.07, 6.45) is 4.94. The molecule has 2 aromatic carbocycles. The van der Waals surface area contributed by atoms with E-state index in [1.165, 1.54) is 0 Å². The number of rotatable bonds is 4. The van der Waals surface area contributed by atoms with Crippen molar-refractivity contribution in [2.24, 2.45) is 0 Å². The predicted octanol–water partition coefficient (Wildman–Crippen LogP) is 3.22. The van der Waals surface area contributed by atoms with E-state index in [9.17, 15) is 18.0 Å². The quantitative estimate of drug-likeness (QED) is 0.798. The highest BCUT2D eigenvalue weighted by atomic mass is 19.1. The van der Waals surface area contributed by atoms with Crippen LogP contribution in [0.2, 0.25) is 0 Å². The Morgan fingerprint density at radius 3 is 2.50 bits per heavy atom. The number of nitrogens with zero attached hydrogens (tertiary/aromatic N) is 2. The molecule has 3 rings (SSSR count). The molecule has 1 amide bonds. The number of carbonyl (C=O) groups is 1. The molecule has 0 atom stereocenters. The summed E-state index contributed by atoms with van der Waals surface area (Å²) in [6, 6.07) is 8.13. The van der Waals surface area contributed by atoms with Gasteiger partial charge in [-0.15, -0.1) is 0 Å². The molecule has 0 spiro atoms. The van der Waals surface area contributed by atoms with E-state index >= 15 is 0 Å². The van der Waals surface area contributed by atoms with Gasteiger partial charge in [-0.25, -0.2) is 18.2 Å². The van der Waals surface area contributed by atoms with Crippen molar-refractivity contribution in [1.82, 2.24) is 14.9 Å². The molecule has 4 nitrogen and oxygen atoms in total. The van der Waals surface area contributed by atoms with E-state index in [-0.39, 0.29) is 6.54 Å². The minimum Gasteiger partial charge on any atom is -0.348 e. The molecule has 7 heteroatoms. The number of benzene rings is 2. The zero-order chi connectivity index (χ0) is 17.1. The largest absolute Gasteiger partial charge is 0.348 e. The lowest BCUT2D eigenvalue weighted by atomic mass is 10.1. The molecule has 0 bridgehead atoms. The topological polar surface area (TPSA) is 46.9 Å². The molecular weight excluding hydrogens is 319 g/mol. The summed E-state index contributed by atoms with van der Waals surface area (Å²) in [5, 5.41) is 2.44. The van der Waals surface area contributed by atoms with Crippen LogP contribution in [0.3, 0.4) is 0 Å². The molecule has 0 aliphatic carbocycles. The number of aromatic nitrogens is 2. The lowest BCUT2D eigenvalue weighted by molar-refractivity contribution is 0.0942. The highest BCUT2D eigenvalue weighted by Crippen LogP contribution is 2.17. The average molecular weight is 331 g/mol. The second kappa shape index (κ2) is 6.57. The first-order chi connectivity index (χ1) is 11.6. The molecule has 0 aliphatic rings. The van der Waals surface area contributed by atoms with Crippen LogP contribution in [0.5, 0.6) is 0 Å². The number of halogens is 3. The molecule has 0 unspecified atom stereocenters. The Bertz CT molecular complexity index is 856. The Kier molecular flexibility index (Phi) is 4.33. The lowest BCUT2D eigenvalue weighted by Gasteiger charge is -2.12. The van der Waals surface area contributed by atoms with Gasteiger partial charge >= 0.3 is 0 Å². The van der Waals surface area contributed by atoms with Gasteiger partial charge in [0.15, 0.2) is 0 Å². The Balaban J connectivity index is 1.81. The van der Waals surface area contributed by atoms with E-state index in [1.54, 1.807) is 35.4 Å². The molecule has 122 valence electrons. The molecule has 1 aromatic heterocycles. The van der Waals surface area contributed by atoms with E-state index < -0.39 is 28.9 Å². The van der Waals surface area contributed by atoms with Crippen LogP contribution in [0.25, 0.3) is 5.69 Å². The van der Waals surface area contributed by atoms with Crippen molar-refractivity contribution >= 4 is 5.91 Å². The third kappa shape index (κ3) is 3.15. The minimum absolute atomic E-state index is 0.0451. The fourth-order valence-electron chi connectivity index (χ4n) is 2.34. The van der Waals surface area contributed by atoms with Gasteiger partial charge in [-0.1, -0.05) is 18.2 Å². The smallest absolute Gasteiger partial charge is 0.257 e. The Morgan fingerprint density at radius 2 is 1.83 bits per heavy atom. The van der Waals surface area contributed by atoms with E-state index in [0.717, 1.165) is 11.3 Å². The van der Waals surface area contributed by atoms with Crippen LogP contribution >= 0.6 is 0 Å². The molecule has 1 heterocycles. The average Bonchev–Trinajstić information content (AvgIpc) is 3.06. The molecule has 0 saturated heterocycles. The lowest BCUT2D eigenvalue weighted by Crippen LogP contribution is -2.25. The predicted molar refractivity (Wildman–Crippen MR) is 81.1 cm³/mol. The van der Waals surface area contributed by atoms with Crippen LogP contribution in [0.15, 0.2) is 55.1 Å². The molecule has 0 radical (unpaired) electrons. The number of carbonyl (C=O) groups excluding carboxylic acids is 1. The second-order valence-corrected chi connectivity index (χ2v) is 5.03. The second-order valence-electron chi connectivity index (χ2n) is 5.03. The molecule has 1 N–H and O–H groups in total. The summed E-state index contributed by atoms with van der Waals surface area (Å²) in [5.41, 5.74) is 0.693. The third-order valence-corrected chi connectivity index (χ3v) is 3.45. The zero-order valence-corrected chi connectivity index (χ0v) is 12.3. The molecule has 24 heavy (non-hydrogen) atoms. The highest BCUT2D eigenvalue weighted by molar-refractivity contribution is 5.94. The molecule has 0 fully saturated rings. The van der Waals surface area contributed by atoms with Gasteiger partial charge in [0.05, 0.1) is 12.0 Å². The summed E-state index contributed by atoms with van der Waals surface area (Å²) in [7, 11) is 0. The van der Waals surface area contributed by atoms with Crippen LogP contribution in [0.1, 0.15) is 15.9 Å². The van der Waals surface area contributed by atoms with Crippen molar-refractivity contribution < 1.29 is 18.0 Å². The third-order valence-electron chi connectivity index (χ3n) is 3.45. The summed E-state index contributed by atoms with van der Waals surface area (Å²) in [6.45, 7) is 0.0451. The minimum atomic E-state index is -1.24. The first-order valence-corrected chi connectivity index (χ1v) is 7.05. The normalized spacial score (nSPS) is 10.6. The summed E-state index contributed by atoms with van der Waals surface area (Å²) < 4.78 is 41.9. The maximum atomic E-state index is 13.6. The van der Waals surface area contributed by atoms with Gasteiger partial charge in [-0.05, 0) is 11.6 Å². The molecule has 0 saturated carbocycles. The van der Waals surface area contributed by atoms with Crippen molar-refractivity contribution in [2.75, 3.05) is 0 Å². The molecule has 0 aliphatic heterocycles. The van der Waals surface area contributed by atoms with Crippen molar-refractivity contribution in [3.8, 4) is 5.69 Å². The highest BCUT2D eigenvalue weighted by Gasteiger charge is 2.19. The molecule has 3 aromatic rings. The van der Waals surface area contributed by atoms with E-state index in [1.807, 2.05) is 12.1 Å². The standard InChI is InChI=1S/C17H12F3N3O/c18-12-7-13(19)16(14(20)8-12)17(24)22-9-11-3-1-2-4-15(11)23-6-5-21-10-23/h1-8,10H,9H2,(H,22,24). The summed E-state index contributed by atoms with van der Waals surface area (Å²) in [4.78, 5) is 16.0. The van der Waals surface area contributed by atoms with E-state index in [4.69, 9.17) is 0 Å². The SMILES string of the molecule is O=C(NCc1ccccc1-n1ccnc1)c1c(F)cc(F)cc1F. The number of hydrogen-bond donors (Lipinski definition) is 1. The Hall–Kier alpha value is -3.09. The monoisotopic (exact) mass is 331 g/mol. The number of imidazole rings is 1. The Labute approximate surface area is 135 Å². The van der Waals surface area contributed by atoms with E-state index in [0.29, 0.717) is 12.1 Å². The molecular formula is C17H12F3N3O. The van der Waals surface area contributed by atoms with Crippen molar-refractivity contribution in [2.45, 2.75) is 6.54 Å². The van der Waals surface area contributed by atoms with Gasteiger partial charge < -0.3 is 9.88 Å². The van der Waals surface area contributed by atoms with Crippen LogP contribution in [0.4, 0.5) is 13.2 Å². The van der Waals surface area contributed by atoms with Crippen LogP contribution in [-0.4, -0.2) is 15.5 Å². The van der Waals surface area contributed by atoms with Crippen LogP contribution < -0.4 is 5.32 Å². The van der Waals surface area contributed by atoms with Gasteiger partial charge in [0.1, 0.15) is 23.0 Å². The van der Waals surface area contributed by atoms with Gasteiger partial charge in [-0.2, -0.15) is 0 Å². The van der Waals surface area contributed by atoms with E-state index in [2.05, 4.69) is 10.3 Å². The Morgan fingerprint density at radius 1 is 1.12 bits per heavy atom. The number of para-hydroxylation sites is 1. The number of nitrogens with one attached hydrogen (secondary N) is 1. The summed E-state index contributed by atoms with van der Waals surface area (Å²) in [5.74, 6) is -4.52. The van der Waals surface area contributed by atoms with Gasteiger partial charge in [0, 0.05) is 31.1 Å². The summed E-state index contributed by atoms with van der Waals surface area (Å²) >= 11 is 0. The van der Waals surface area contributed by atoms with Crippen molar-refractivity contribution in [3.05, 3.63) is 83.7 Å². The van der Waals surface area contributed by atoms with Gasteiger partial charge in [0.2, 0.25) is 0 Å². The zero-order valence-electron chi connectivity index (χ0n) is 12.3. The van der Waals surface area contributed by atoms with Crippen LogP contribution in [0, 0.1) is 17.5 Å². The number of hydrogen-bond acceptors (Lipinski definition) is 2. The van der Waals surface area contributed by atoms with Gasteiger partial charge in [0.25, 0.3) is 5.91 Å². The van der Waals surface area contributed by atoms with Crippen molar-refractivity contribution in [1.29, 1.82) is 0 Å². The fourth-order valence-corrected chi connectivity index (χ4v) is 2.34. The number of amides is 1. The maximum Gasteiger partial charge on any atom is 0.257 e. The van der Waals surface area contributed by atoms with Crippen LogP contribution in [-0.2, 0) is 6.54 Å². The van der Waals surface area contributed by atoms with Crippen molar-refractivity contribution in [3.63, 3.8) is 0 Å². The fraction of sp³-hybridized carbons (Fsp3) is 0.0588. The van der Waals surface area contributed by atoms with Gasteiger partial charge in [-0.3, -0.25) is 4.79 Å². The maximum absolute atomic E-state index is 13.6. The first kappa shape index (κ1) is 15.8.